The number of aryl methyl sites for hydroxylation is 1. The molecule has 1 unspecified atom stereocenters. The molecule has 1 amide bonds. The minimum absolute atomic E-state index is 0.241. The molecule has 2 aromatic carbocycles. The summed E-state index contributed by atoms with van der Waals surface area (Å²) in [5.74, 6) is 1.74. The van der Waals surface area contributed by atoms with Gasteiger partial charge >= 0.3 is 0 Å². The van der Waals surface area contributed by atoms with Crippen LogP contribution in [-0.2, 0) is 17.9 Å². The molecule has 0 saturated carbocycles. The molecule has 2 aromatic rings. The molecule has 0 radical (unpaired) electrons. The summed E-state index contributed by atoms with van der Waals surface area (Å²) in [5, 5.41) is 0. The van der Waals surface area contributed by atoms with Gasteiger partial charge in [-0.3, -0.25) is 4.79 Å². The van der Waals surface area contributed by atoms with Gasteiger partial charge in [0, 0.05) is 11.1 Å². The number of hydrogen-bond donors (Lipinski definition) is 2. The van der Waals surface area contributed by atoms with Crippen LogP contribution in [-0.4, -0.2) is 64.3 Å². The second-order valence-electron chi connectivity index (χ2n) is 8.46. The third-order valence-corrected chi connectivity index (χ3v) is 6.01. The lowest BCUT2D eigenvalue weighted by Crippen LogP contribution is -3.14. The van der Waals surface area contributed by atoms with Gasteiger partial charge in [0.05, 0.1) is 46.9 Å². The molecule has 168 valence electrons. The Balaban J connectivity index is 1.47. The number of nitrogens with zero attached hydrogens (tertiary/aromatic N) is 1. The zero-order valence-electron chi connectivity index (χ0n) is 19.4. The van der Waals surface area contributed by atoms with Crippen molar-refractivity contribution in [2.75, 3.05) is 53.5 Å². The van der Waals surface area contributed by atoms with Crippen LogP contribution in [0.15, 0.2) is 42.5 Å². The van der Waals surface area contributed by atoms with E-state index in [9.17, 15) is 4.79 Å². The number of carbonyl (C=O) groups excluding carboxylic acids is 1. The van der Waals surface area contributed by atoms with Crippen LogP contribution >= 0.6 is 0 Å². The lowest BCUT2D eigenvalue weighted by molar-refractivity contribution is -0.918. The van der Waals surface area contributed by atoms with Gasteiger partial charge in [-0.25, -0.2) is 0 Å². The Bertz CT molecular complexity index is 863. The smallest absolute Gasteiger partial charge is 0.278 e. The van der Waals surface area contributed by atoms with Crippen molar-refractivity contribution >= 4 is 5.91 Å². The first-order chi connectivity index (χ1) is 15.0. The Morgan fingerprint density at radius 2 is 1.87 bits per heavy atom. The molecule has 0 bridgehead atoms. The van der Waals surface area contributed by atoms with Crippen molar-refractivity contribution in [1.29, 1.82) is 0 Å². The molecule has 3 rings (SSSR count). The molecule has 0 spiro atoms. The van der Waals surface area contributed by atoms with Crippen molar-refractivity contribution in [2.24, 2.45) is 0 Å². The summed E-state index contributed by atoms with van der Waals surface area (Å²) in [6.45, 7) is 10.7. The Morgan fingerprint density at radius 3 is 2.55 bits per heavy atom. The van der Waals surface area contributed by atoms with Gasteiger partial charge in [-0.15, -0.1) is 0 Å². The molecule has 1 saturated heterocycles. The molecule has 0 aromatic heterocycles. The molecule has 1 fully saturated rings. The predicted octanol–water partition coefficient (Wildman–Crippen LogP) is 0.344. The van der Waals surface area contributed by atoms with Crippen molar-refractivity contribution in [3.63, 3.8) is 0 Å². The number of hydrogen-bond acceptors (Lipinski definition) is 3. The van der Waals surface area contributed by atoms with E-state index in [0.717, 1.165) is 56.3 Å². The molecule has 2 N–H and O–H groups in total. The molecule has 1 aliphatic heterocycles. The minimum atomic E-state index is 0.241. The van der Waals surface area contributed by atoms with Crippen LogP contribution in [0, 0.1) is 6.92 Å². The normalized spacial score (nSPS) is 15.5. The average Bonchev–Trinajstić information content (AvgIpc) is 2.77. The third kappa shape index (κ3) is 6.45. The fraction of sp³-hybridized carbons (Fsp3) is 0.480. The highest BCUT2D eigenvalue weighted by molar-refractivity contribution is 5.77. The number of likely N-dealkylation sites (N-methyl/N-ethyl adjacent to an activating group) is 1. The highest BCUT2D eigenvalue weighted by Gasteiger charge is 2.26. The van der Waals surface area contributed by atoms with Gasteiger partial charge in [0.15, 0.2) is 18.0 Å². The van der Waals surface area contributed by atoms with Crippen molar-refractivity contribution in [3.05, 3.63) is 59.2 Å². The van der Waals surface area contributed by atoms with Crippen molar-refractivity contribution in [3.8, 4) is 11.5 Å². The second kappa shape index (κ2) is 11.2. The van der Waals surface area contributed by atoms with Crippen LogP contribution in [0.25, 0.3) is 0 Å². The van der Waals surface area contributed by atoms with Gasteiger partial charge in [0.2, 0.25) is 0 Å². The number of amides is 1. The predicted molar refractivity (Wildman–Crippen MR) is 122 cm³/mol. The number of quaternary nitrogens is 2. The van der Waals surface area contributed by atoms with Gasteiger partial charge in [-0.1, -0.05) is 24.3 Å². The van der Waals surface area contributed by atoms with E-state index in [-0.39, 0.29) is 5.91 Å². The Labute approximate surface area is 186 Å². The summed E-state index contributed by atoms with van der Waals surface area (Å²) >= 11 is 0. The maximum atomic E-state index is 12.8. The van der Waals surface area contributed by atoms with Crippen molar-refractivity contribution < 1.29 is 24.1 Å². The number of piperazine rings is 1. The lowest BCUT2D eigenvalue weighted by Gasteiger charge is -2.32. The number of methoxy groups -OCH3 is 1. The SMILES string of the molecule is CCOc1ccc(C[NH+](C)CC(=O)N2CC[NH+](Cc3ccccc3C)CC2)cc1OC. The molecule has 1 heterocycles. The van der Waals surface area contributed by atoms with Gasteiger partial charge in [0.1, 0.15) is 13.1 Å². The monoisotopic (exact) mass is 427 g/mol. The summed E-state index contributed by atoms with van der Waals surface area (Å²) in [5.41, 5.74) is 3.90. The second-order valence-corrected chi connectivity index (χ2v) is 8.46. The molecule has 1 aliphatic rings. The Hall–Kier alpha value is -2.57. The van der Waals surface area contributed by atoms with E-state index in [2.05, 4.69) is 44.3 Å². The first kappa shape index (κ1) is 23.1. The van der Waals surface area contributed by atoms with Crippen LogP contribution in [0.2, 0.25) is 0 Å². The standard InChI is InChI=1S/C25H35N3O3/c1-5-31-23-11-10-21(16-24(23)30-4)17-26(3)19-25(29)28-14-12-27(13-15-28)18-22-9-7-6-8-20(22)2/h6-11,16H,5,12-15,17-19H2,1-4H3/p+2. The molecular formula is C25H37N3O3+2. The summed E-state index contributed by atoms with van der Waals surface area (Å²) in [6, 6.07) is 14.6. The topological polar surface area (TPSA) is 47.7 Å². The summed E-state index contributed by atoms with van der Waals surface area (Å²) in [4.78, 5) is 17.6. The van der Waals surface area contributed by atoms with E-state index in [1.54, 1.807) is 12.0 Å². The van der Waals surface area contributed by atoms with Crippen molar-refractivity contribution in [2.45, 2.75) is 26.9 Å². The van der Waals surface area contributed by atoms with E-state index in [1.807, 2.05) is 24.0 Å². The average molecular weight is 428 g/mol. The van der Waals surface area contributed by atoms with E-state index in [1.165, 1.54) is 16.0 Å². The Kier molecular flexibility index (Phi) is 8.32. The van der Waals surface area contributed by atoms with Gasteiger partial charge in [-0.05, 0) is 37.6 Å². The van der Waals surface area contributed by atoms with Gasteiger partial charge in [0.25, 0.3) is 5.91 Å². The van der Waals surface area contributed by atoms with Crippen LogP contribution in [0.3, 0.4) is 0 Å². The first-order valence-electron chi connectivity index (χ1n) is 11.3. The number of benzene rings is 2. The van der Waals surface area contributed by atoms with Crippen LogP contribution < -0.4 is 19.3 Å². The lowest BCUT2D eigenvalue weighted by atomic mass is 10.1. The van der Waals surface area contributed by atoms with E-state index in [4.69, 9.17) is 9.47 Å². The molecule has 6 nitrogen and oxygen atoms in total. The summed E-state index contributed by atoms with van der Waals surface area (Å²) < 4.78 is 11.0. The highest BCUT2D eigenvalue weighted by Crippen LogP contribution is 2.27. The molecule has 31 heavy (non-hydrogen) atoms. The van der Waals surface area contributed by atoms with Crippen LogP contribution in [0.1, 0.15) is 23.6 Å². The largest absolute Gasteiger partial charge is 0.493 e. The summed E-state index contributed by atoms with van der Waals surface area (Å²) in [7, 11) is 3.73. The zero-order valence-corrected chi connectivity index (χ0v) is 19.4. The fourth-order valence-electron chi connectivity index (χ4n) is 4.20. The molecule has 1 atom stereocenters. The highest BCUT2D eigenvalue weighted by atomic mass is 16.5. The third-order valence-electron chi connectivity index (χ3n) is 6.01. The van der Waals surface area contributed by atoms with Crippen LogP contribution in [0.5, 0.6) is 11.5 Å². The van der Waals surface area contributed by atoms with E-state index in [0.29, 0.717) is 13.2 Å². The quantitative estimate of drug-likeness (QED) is 0.607. The summed E-state index contributed by atoms with van der Waals surface area (Å²) in [6.07, 6.45) is 0. The molecule has 6 heteroatoms. The van der Waals surface area contributed by atoms with Crippen molar-refractivity contribution in [1.82, 2.24) is 4.90 Å². The number of carbonyl (C=O) groups is 1. The van der Waals surface area contributed by atoms with Gasteiger partial charge < -0.3 is 24.2 Å². The first-order valence-corrected chi connectivity index (χ1v) is 11.3. The fourth-order valence-corrected chi connectivity index (χ4v) is 4.20. The molecule has 0 aliphatic carbocycles. The minimum Gasteiger partial charge on any atom is -0.493 e. The number of ether oxygens (including phenoxy) is 2. The maximum Gasteiger partial charge on any atom is 0.278 e. The van der Waals surface area contributed by atoms with E-state index >= 15 is 0 Å². The zero-order chi connectivity index (χ0) is 22.2. The molecular weight excluding hydrogens is 390 g/mol. The van der Waals surface area contributed by atoms with Gasteiger partial charge in [-0.2, -0.15) is 0 Å². The number of rotatable bonds is 9. The maximum absolute atomic E-state index is 12.8. The van der Waals surface area contributed by atoms with Crippen LogP contribution in [0.4, 0.5) is 0 Å². The van der Waals surface area contributed by atoms with E-state index < -0.39 is 0 Å². The number of nitrogens with one attached hydrogen (secondary N) is 2. The Morgan fingerprint density at radius 1 is 1.13 bits per heavy atom.